The molecule has 0 aliphatic carbocycles. The molecule has 0 amide bonds. The molecule has 2 heterocycles. The Morgan fingerprint density at radius 1 is 1.38 bits per heavy atom. The molecule has 1 fully saturated rings. The van der Waals surface area contributed by atoms with Gasteiger partial charge in [-0.2, -0.15) is 0 Å². The molecule has 0 saturated carbocycles. The van der Waals surface area contributed by atoms with E-state index in [9.17, 15) is 5.11 Å². The third-order valence-corrected chi connectivity index (χ3v) is 3.50. The van der Waals surface area contributed by atoms with Crippen molar-refractivity contribution in [3.63, 3.8) is 0 Å². The number of hydrogen-bond acceptors (Lipinski definition) is 3. The molecule has 1 saturated heterocycles. The van der Waals surface area contributed by atoms with E-state index in [2.05, 4.69) is 28.9 Å². The molecule has 1 aliphatic heterocycles. The average Bonchev–Trinajstić information content (AvgIpc) is 2.40. The van der Waals surface area contributed by atoms with Gasteiger partial charge in [0.25, 0.3) is 0 Å². The topological polar surface area (TPSA) is 36.4 Å². The molecule has 1 aromatic rings. The van der Waals surface area contributed by atoms with Gasteiger partial charge in [-0.3, -0.25) is 4.98 Å². The highest BCUT2D eigenvalue weighted by Gasteiger charge is 2.38. The van der Waals surface area contributed by atoms with Crippen molar-refractivity contribution in [3.05, 3.63) is 23.5 Å². The number of β-amino-alcohol motifs (C(OH)–C–C–N with tert-alkyl or cyclic N) is 1. The van der Waals surface area contributed by atoms with Crippen molar-refractivity contribution in [3.8, 4) is 0 Å². The van der Waals surface area contributed by atoms with Gasteiger partial charge in [-0.15, -0.1) is 0 Å². The van der Waals surface area contributed by atoms with Crippen molar-refractivity contribution in [1.29, 1.82) is 0 Å². The van der Waals surface area contributed by atoms with E-state index >= 15 is 0 Å². The minimum Gasteiger partial charge on any atom is -0.388 e. The molecule has 3 nitrogen and oxygen atoms in total. The van der Waals surface area contributed by atoms with Crippen molar-refractivity contribution in [2.24, 2.45) is 5.92 Å². The molecule has 1 aromatic heterocycles. The second-order valence-electron chi connectivity index (χ2n) is 5.25. The lowest BCUT2D eigenvalue weighted by Gasteiger charge is -2.22. The largest absolute Gasteiger partial charge is 0.388 e. The van der Waals surface area contributed by atoms with Gasteiger partial charge in [0.05, 0.1) is 5.60 Å². The molecule has 2 rings (SSSR count). The van der Waals surface area contributed by atoms with Crippen LogP contribution in [0.25, 0.3) is 0 Å². The third kappa shape index (κ3) is 2.05. The van der Waals surface area contributed by atoms with E-state index in [4.69, 9.17) is 0 Å². The lowest BCUT2D eigenvalue weighted by Crippen LogP contribution is -2.33. The highest BCUT2D eigenvalue weighted by atomic mass is 16.3. The second kappa shape index (κ2) is 3.74. The summed E-state index contributed by atoms with van der Waals surface area (Å²) < 4.78 is 0. The molecule has 0 unspecified atom stereocenters. The SMILES string of the molecule is Cc1cc(N2C[C@@H](C)[C@@](C)(O)C2)cc(C)n1. The Hall–Kier alpha value is -1.09. The predicted molar refractivity (Wildman–Crippen MR) is 65.7 cm³/mol. The molecule has 1 aliphatic rings. The van der Waals surface area contributed by atoms with Crippen LogP contribution in [0.2, 0.25) is 0 Å². The Bertz CT molecular complexity index is 381. The summed E-state index contributed by atoms with van der Waals surface area (Å²) in [5, 5.41) is 10.2. The van der Waals surface area contributed by atoms with Gasteiger partial charge in [0, 0.05) is 36.1 Å². The lowest BCUT2D eigenvalue weighted by atomic mass is 9.95. The molecule has 16 heavy (non-hydrogen) atoms. The number of aryl methyl sites for hydroxylation is 2. The standard InChI is InChI=1S/C13H20N2O/c1-9-7-15(8-13(9,4)16)12-5-10(2)14-11(3)6-12/h5-6,9,16H,7-8H2,1-4H3/t9-,13+/m1/s1. The van der Waals surface area contributed by atoms with E-state index in [1.54, 1.807) is 0 Å². The molecule has 0 spiro atoms. The van der Waals surface area contributed by atoms with E-state index in [1.165, 1.54) is 5.69 Å². The first kappa shape index (κ1) is 11.4. The molecule has 1 N–H and O–H groups in total. The predicted octanol–water partition coefficient (Wildman–Crippen LogP) is 1.91. The van der Waals surface area contributed by atoms with Crippen LogP contribution >= 0.6 is 0 Å². The highest BCUT2D eigenvalue weighted by Crippen LogP contribution is 2.31. The zero-order chi connectivity index (χ0) is 11.9. The summed E-state index contributed by atoms with van der Waals surface area (Å²) in [6.07, 6.45) is 0. The summed E-state index contributed by atoms with van der Waals surface area (Å²) in [6, 6.07) is 4.17. The van der Waals surface area contributed by atoms with Crippen molar-refractivity contribution in [2.75, 3.05) is 18.0 Å². The number of aromatic nitrogens is 1. The fourth-order valence-electron chi connectivity index (χ4n) is 2.33. The molecule has 0 radical (unpaired) electrons. The zero-order valence-electron chi connectivity index (χ0n) is 10.5. The summed E-state index contributed by atoms with van der Waals surface area (Å²) in [5.74, 6) is 0.307. The Morgan fingerprint density at radius 3 is 2.38 bits per heavy atom. The molecule has 88 valence electrons. The van der Waals surface area contributed by atoms with Crippen molar-refractivity contribution in [2.45, 2.75) is 33.3 Å². The first-order valence-electron chi connectivity index (χ1n) is 5.81. The first-order chi connectivity index (χ1) is 7.38. The maximum absolute atomic E-state index is 10.2. The number of aliphatic hydroxyl groups is 1. The van der Waals surface area contributed by atoms with E-state index in [-0.39, 0.29) is 0 Å². The van der Waals surface area contributed by atoms with Crippen LogP contribution in [0.5, 0.6) is 0 Å². The second-order valence-corrected chi connectivity index (χ2v) is 5.25. The van der Waals surface area contributed by atoms with Gasteiger partial charge >= 0.3 is 0 Å². The van der Waals surface area contributed by atoms with E-state index in [0.717, 1.165) is 17.9 Å². The van der Waals surface area contributed by atoms with E-state index in [1.807, 2.05) is 20.8 Å². The maximum Gasteiger partial charge on any atom is 0.0835 e. The summed E-state index contributed by atoms with van der Waals surface area (Å²) >= 11 is 0. The number of rotatable bonds is 1. The maximum atomic E-state index is 10.2. The van der Waals surface area contributed by atoms with Crippen LogP contribution in [0.4, 0.5) is 5.69 Å². The third-order valence-electron chi connectivity index (χ3n) is 3.50. The number of hydrogen-bond donors (Lipinski definition) is 1. The molecule has 0 bridgehead atoms. The number of anilines is 1. The van der Waals surface area contributed by atoms with Crippen LogP contribution < -0.4 is 4.90 Å². The molecule has 3 heteroatoms. The fourth-order valence-corrected chi connectivity index (χ4v) is 2.33. The van der Waals surface area contributed by atoms with Gasteiger partial charge in [0.15, 0.2) is 0 Å². The normalized spacial score (nSPS) is 29.8. The Kier molecular flexibility index (Phi) is 2.66. The van der Waals surface area contributed by atoms with Crippen molar-refractivity contribution < 1.29 is 5.11 Å². The quantitative estimate of drug-likeness (QED) is 0.785. The monoisotopic (exact) mass is 220 g/mol. The first-order valence-corrected chi connectivity index (χ1v) is 5.81. The van der Waals surface area contributed by atoms with E-state index < -0.39 is 5.60 Å². The molecule has 0 aromatic carbocycles. The number of nitrogens with zero attached hydrogens (tertiary/aromatic N) is 2. The van der Waals surface area contributed by atoms with Crippen LogP contribution in [0.3, 0.4) is 0 Å². The minimum atomic E-state index is -0.578. The Labute approximate surface area is 97.1 Å². The summed E-state index contributed by atoms with van der Waals surface area (Å²) in [5.41, 5.74) is 2.67. The molecular weight excluding hydrogens is 200 g/mol. The minimum absolute atomic E-state index is 0.307. The Morgan fingerprint density at radius 2 is 1.94 bits per heavy atom. The molecule has 2 atom stereocenters. The zero-order valence-corrected chi connectivity index (χ0v) is 10.5. The van der Waals surface area contributed by atoms with Gasteiger partial charge in [-0.25, -0.2) is 0 Å². The Balaban J connectivity index is 2.27. The van der Waals surface area contributed by atoms with Gasteiger partial charge in [0.2, 0.25) is 0 Å². The van der Waals surface area contributed by atoms with Crippen LogP contribution in [0.1, 0.15) is 25.2 Å². The van der Waals surface area contributed by atoms with Gasteiger partial charge in [0.1, 0.15) is 0 Å². The fraction of sp³-hybridized carbons (Fsp3) is 0.615. The summed E-state index contributed by atoms with van der Waals surface area (Å²) in [4.78, 5) is 6.61. The summed E-state index contributed by atoms with van der Waals surface area (Å²) in [7, 11) is 0. The van der Waals surface area contributed by atoms with Gasteiger partial charge < -0.3 is 10.0 Å². The van der Waals surface area contributed by atoms with Crippen LogP contribution in [0.15, 0.2) is 12.1 Å². The van der Waals surface area contributed by atoms with Gasteiger partial charge in [-0.05, 0) is 32.9 Å². The molecular formula is C13H20N2O. The van der Waals surface area contributed by atoms with Gasteiger partial charge in [-0.1, -0.05) is 6.92 Å². The van der Waals surface area contributed by atoms with E-state index in [0.29, 0.717) is 12.5 Å². The van der Waals surface area contributed by atoms with Crippen molar-refractivity contribution >= 4 is 5.69 Å². The average molecular weight is 220 g/mol. The lowest BCUT2D eigenvalue weighted by molar-refractivity contribution is 0.0443. The van der Waals surface area contributed by atoms with Crippen LogP contribution in [-0.2, 0) is 0 Å². The highest BCUT2D eigenvalue weighted by molar-refractivity contribution is 5.50. The van der Waals surface area contributed by atoms with Crippen molar-refractivity contribution in [1.82, 2.24) is 4.98 Å². The summed E-state index contributed by atoms with van der Waals surface area (Å²) in [6.45, 7) is 9.65. The van der Waals surface area contributed by atoms with Crippen LogP contribution in [-0.4, -0.2) is 28.8 Å². The number of pyridine rings is 1. The smallest absolute Gasteiger partial charge is 0.0835 e. The van der Waals surface area contributed by atoms with Crippen LogP contribution in [0, 0.1) is 19.8 Å².